The minimum atomic E-state index is 0.395. The highest BCUT2D eigenvalue weighted by Gasteiger charge is 1.95. The second-order valence-electron chi connectivity index (χ2n) is 2.63. The van der Waals surface area contributed by atoms with Gasteiger partial charge in [-0.25, -0.2) is 0 Å². The molecule has 60 valence electrons. The number of nitrogens with two attached hydrogens (primary N) is 1. The van der Waals surface area contributed by atoms with Gasteiger partial charge in [0.15, 0.2) is 0 Å². The fourth-order valence-corrected chi connectivity index (χ4v) is 0.695. The van der Waals surface area contributed by atoms with Crippen LogP contribution in [-0.4, -0.2) is 11.9 Å². The summed E-state index contributed by atoms with van der Waals surface area (Å²) in [6.07, 6.45) is 3.10. The molecule has 10 heavy (non-hydrogen) atoms. The summed E-state index contributed by atoms with van der Waals surface area (Å²) in [5.74, 6) is 0.803. The summed E-state index contributed by atoms with van der Waals surface area (Å²) >= 11 is 0. The molecule has 0 aliphatic rings. The Hall–Kier alpha value is -0.530. The summed E-state index contributed by atoms with van der Waals surface area (Å²) in [5.41, 5.74) is 5.61. The maximum absolute atomic E-state index is 5.61. The van der Waals surface area contributed by atoms with Crippen LogP contribution in [0.1, 0.15) is 40.0 Å². The summed E-state index contributed by atoms with van der Waals surface area (Å²) < 4.78 is 0. The fourth-order valence-electron chi connectivity index (χ4n) is 0.695. The summed E-state index contributed by atoms with van der Waals surface area (Å²) in [6.45, 7) is 6.31. The van der Waals surface area contributed by atoms with Crippen LogP contribution in [0.5, 0.6) is 0 Å². The Bertz CT molecular complexity index is 108. The molecule has 1 unspecified atom stereocenters. The number of rotatable bonds is 4. The van der Waals surface area contributed by atoms with Gasteiger partial charge < -0.3 is 5.73 Å². The first-order valence-electron chi connectivity index (χ1n) is 4.02. The van der Waals surface area contributed by atoms with Crippen molar-refractivity contribution in [3.63, 3.8) is 0 Å². The molecule has 0 radical (unpaired) electrons. The van der Waals surface area contributed by atoms with Gasteiger partial charge in [-0.1, -0.05) is 13.8 Å². The lowest BCUT2D eigenvalue weighted by Gasteiger charge is -2.03. The van der Waals surface area contributed by atoms with E-state index in [0.717, 1.165) is 25.1 Å². The standard InChI is InChI=1S/C8H18N2/c1-4-6-8(9)10-7(3)5-2/h7H,4-6H2,1-3H3,(H2,9,10). The molecule has 0 fully saturated rings. The zero-order chi connectivity index (χ0) is 7.98. The van der Waals surface area contributed by atoms with E-state index in [2.05, 4.69) is 25.8 Å². The van der Waals surface area contributed by atoms with Crippen molar-refractivity contribution in [2.75, 3.05) is 0 Å². The van der Waals surface area contributed by atoms with Gasteiger partial charge in [-0.15, -0.1) is 0 Å². The van der Waals surface area contributed by atoms with Crippen LogP contribution in [0.4, 0.5) is 0 Å². The van der Waals surface area contributed by atoms with Crippen molar-refractivity contribution in [1.82, 2.24) is 0 Å². The smallest absolute Gasteiger partial charge is 0.0940 e. The van der Waals surface area contributed by atoms with E-state index in [1.54, 1.807) is 0 Å². The Labute approximate surface area is 63.5 Å². The van der Waals surface area contributed by atoms with Gasteiger partial charge in [-0.3, -0.25) is 4.99 Å². The number of hydrogen-bond donors (Lipinski definition) is 1. The third-order valence-electron chi connectivity index (χ3n) is 1.48. The lowest BCUT2D eigenvalue weighted by molar-refractivity contribution is 0.711. The molecule has 0 heterocycles. The maximum atomic E-state index is 5.61. The average molecular weight is 142 g/mol. The first kappa shape index (κ1) is 9.47. The van der Waals surface area contributed by atoms with E-state index in [1.165, 1.54) is 0 Å². The van der Waals surface area contributed by atoms with E-state index >= 15 is 0 Å². The Morgan fingerprint density at radius 3 is 2.50 bits per heavy atom. The highest BCUT2D eigenvalue weighted by molar-refractivity contribution is 5.80. The first-order valence-corrected chi connectivity index (χ1v) is 4.02. The van der Waals surface area contributed by atoms with E-state index in [4.69, 9.17) is 5.73 Å². The van der Waals surface area contributed by atoms with Crippen molar-refractivity contribution in [2.24, 2.45) is 10.7 Å². The molecule has 0 saturated carbocycles. The molecule has 2 heteroatoms. The van der Waals surface area contributed by atoms with Gasteiger partial charge in [-0.2, -0.15) is 0 Å². The summed E-state index contributed by atoms with van der Waals surface area (Å²) in [5, 5.41) is 0. The number of hydrogen-bond acceptors (Lipinski definition) is 1. The van der Waals surface area contributed by atoms with E-state index in [0.29, 0.717) is 6.04 Å². The van der Waals surface area contributed by atoms with Crippen molar-refractivity contribution in [1.29, 1.82) is 0 Å². The predicted octanol–water partition coefficient (Wildman–Crippen LogP) is 1.94. The van der Waals surface area contributed by atoms with E-state index in [1.807, 2.05) is 0 Å². The molecule has 0 aromatic rings. The van der Waals surface area contributed by atoms with Crippen molar-refractivity contribution in [3.8, 4) is 0 Å². The third-order valence-corrected chi connectivity index (χ3v) is 1.48. The zero-order valence-corrected chi connectivity index (χ0v) is 7.22. The summed E-state index contributed by atoms with van der Waals surface area (Å²) in [7, 11) is 0. The lowest BCUT2D eigenvalue weighted by atomic mass is 10.2. The van der Waals surface area contributed by atoms with E-state index < -0.39 is 0 Å². The molecule has 0 aliphatic carbocycles. The van der Waals surface area contributed by atoms with Crippen LogP contribution in [0.3, 0.4) is 0 Å². The van der Waals surface area contributed by atoms with Gasteiger partial charge in [0, 0.05) is 12.5 Å². The molecule has 0 saturated heterocycles. The van der Waals surface area contributed by atoms with Crippen LogP contribution < -0.4 is 5.73 Å². The van der Waals surface area contributed by atoms with Gasteiger partial charge in [0.1, 0.15) is 0 Å². The second kappa shape index (κ2) is 5.27. The normalized spacial score (nSPS) is 15.3. The minimum absolute atomic E-state index is 0.395. The van der Waals surface area contributed by atoms with Crippen molar-refractivity contribution in [2.45, 2.75) is 46.1 Å². The highest BCUT2D eigenvalue weighted by atomic mass is 14.9. The summed E-state index contributed by atoms with van der Waals surface area (Å²) in [4.78, 5) is 4.28. The van der Waals surface area contributed by atoms with Crippen molar-refractivity contribution >= 4 is 5.84 Å². The Balaban J connectivity index is 3.65. The average Bonchev–Trinajstić information content (AvgIpc) is 1.88. The highest BCUT2D eigenvalue weighted by Crippen LogP contribution is 1.96. The van der Waals surface area contributed by atoms with Gasteiger partial charge in [0.25, 0.3) is 0 Å². The van der Waals surface area contributed by atoms with Gasteiger partial charge in [0.2, 0.25) is 0 Å². The lowest BCUT2D eigenvalue weighted by Crippen LogP contribution is -2.14. The van der Waals surface area contributed by atoms with E-state index in [9.17, 15) is 0 Å². The van der Waals surface area contributed by atoms with E-state index in [-0.39, 0.29) is 0 Å². The van der Waals surface area contributed by atoms with Crippen LogP contribution in [0, 0.1) is 0 Å². The molecular formula is C8H18N2. The molecular weight excluding hydrogens is 124 g/mol. The van der Waals surface area contributed by atoms with Gasteiger partial charge in [0.05, 0.1) is 5.84 Å². The van der Waals surface area contributed by atoms with Crippen molar-refractivity contribution in [3.05, 3.63) is 0 Å². The quantitative estimate of drug-likeness (QED) is 0.473. The van der Waals surface area contributed by atoms with Crippen LogP contribution in [-0.2, 0) is 0 Å². The monoisotopic (exact) mass is 142 g/mol. The predicted molar refractivity (Wildman–Crippen MR) is 46.3 cm³/mol. The molecule has 0 aromatic heterocycles. The molecule has 0 spiro atoms. The van der Waals surface area contributed by atoms with Crippen LogP contribution in [0.25, 0.3) is 0 Å². The maximum Gasteiger partial charge on any atom is 0.0940 e. The Kier molecular flexibility index (Phi) is 4.99. The molecule has 2 nitrogen and oxygen atoms in total. The summed E-state index contributed by atoms with van der Waals surface area (Å²) in [6, 6.07) is 0.395. The van der Waals surface area contributed by atoms with Gasteiger partial charge in [-0.05, 0) is 19.8 Å². The Morgan fingerprint density at radius 2 is 2.10 bits per heavy atom. The zero-order valence-electron chi connectivity index (χ0n) is 7.22. The van der Waals surface area contributed by atoms with Crippen molar-refractivity contribution < 1.29 is 0 Å². The second-order valence-corrected chi connectivity index (χ2v) is 2.63. The molecule has 0 aromatic carbocycles. The molecule has 0 amide bonds. The fraction of sp³-hybridized carbons (Fsp3) is 0.875. The van der Waals surface area contributed by atoms with Crippen LogP contribution in [0.2, 0.25) is 0 Å². The number of amidine groups is 1. The third kappa shape index (κ3) is 4.36. The number of aliphatic imine (C=N–C) groups is 1. The molecule has 0 bridgehead atoms. The largest absolute Gasteiger partial charge is 0.387 e. The molecule has 1 atom stereocenters. The molecule has 0 rings (SSSR count). The minimum Gasteiger partial charge on any atom is -0.387 e. The molecule has 2 N–H and O–H groups in total. The van der Waals surface area contributed by atoms with Crippen LogP contribution >= 0.6 is 0 Å². The van der Waals surface area contributed by atoms with Gasteiger partial charge >= 0.3 is 0 Å². The number of nitrogens with zero attached hydrogens (tertiary/aromatic N) is 1. The Morgan fingerprint density at radius 1 is 1.50 bits per heavy atom. The SMILES string of the molecule is CCCC(N)=NC(C)CC. The molecule has 0 aliphatic heterocycles. The first-order chi connectivity index (χ1) is 4.70. The topological polar surface area (TPSA) is 38.4 Å². The van der Waals surface area contributed by atoms with Crippen LogP contribution in [0.15, 0.2) is 4.99 Å².